The number of hydrogen-bond acceptors (Lipinski definition) is 4. The van der Waals surface area contributed by atoms with E-state index < -0.39 is 5.97 Å². The lowest BCUT2D eigenvalue weighted by Gasteiger charge is -2.26. The van der Waals surface area contributed by atoms with E-state index in [1.807, 2.05) is 12.1 Å². The molecule has 1 heterocycles. The molecule has 0 unspecified atom stereocenters. The zero-order chi connectivity index (χ0) is 18.0. The highest BCUT2D eigenvalue weighted by Gasteiger charge is 2.21. The molecule has 0 bridgehead atoms. The lowest BCUT2D eigenvalue weighted by Crippen LogP contribution is -2.31. The molecule has 0 atom stereocenters. The number of carbonyl (C=O) groups is 3. The Bertz CT molecular complexity index is 843. The summed E-state index contributed by atoms with van der Waals surface area (Å²) in [6.45, 7) is 0. The van der Waals surface area contributed by atoms with Gasteiger partial charge < -0.3 is 15.0 Å². The molecule has 2 aromatic rings. The van der Waals surface area contributed by atoms with Gasteiger partial charge in [-0.3, -0.25) is 9.59 Å². The summed E-state index contributed by atoms with van der Waals surface area (Å²) in [6, 6.07) is 11.7. The summed E-state index contributed by atoms with van der Waals surface area (Å²) < 4.78 is 4.63. The second-order valence-electron chi connectivity index (χ2n) is 5.82. The van der Waals surface area contributed by atoms with Gasteiger partial charge in [-0.2, -0.15) is 0 Å². The van der Waals surface area contributed by atoms with Crippen molar-refractivity contribution in [3.05, 3.63) is 59.2 Å². The minimum Gasteiger partial charge on any atom is -0.465 e. The van der Waals surface area contributed by atoms with Gasteiger partial charge in [0.1, 0.15) is 0 Å². The minimum absolute atomic E-state index is 0.0926. The van der Waals surface area contributed by atoms with Crippen LogP contribution >= 0.6 is 0 Å². The van der Waals surface area contributed by atoms with E-state index in [1.54, 1.807) is 42.3 Å². The Labute approximate surface area is 145 Å². The van der Waals surface area contributed by atoms with Crippen molar-refractivity contribution in [3.8, 4) is 0 Å². The van der Waals surface area contributed by atoms with Gasteiger partial charge in [0.2, 0.25) is 5.91 Å². The molecule has 1 N–H and O–H groups in total. The molecular weight excluding hydrogens is 320 g/mol. The maximum atomic E-state index is 12.4. The number of nitrogens with zero attached hydrogens (tertiary/aromatic N) is 1. The maximum Gasteiger partial charge on any atom is 0.337 e. The first-order chi connectivity index (χ1) is 12.0. The molecule has 0 saturated heterocycles. The molecule has 0 aromatic heterocycles. The van der Waals surface area contributed by atoms with Gasteiger partial charge >= 0.3 is 5.97 Å². The normalized spacial score (nSPS) is 13.2. The summed E-state index contributed by atoms with van der Waals surface area (Å²) >= 11 is 0. The topological polar surface area (TPSA) is 75.7 Å². The Kier molecular flexibility index (Phi) is 4.52. The number of fused-ring (bicyclic) bond motifs is 1. The number of anilines is 2. The van der Waals surface area contributed by atoms with Gasteiger partial charge in [-0.25, -0.2) is 4.79 Å². The number of esters is 1. The molecule has 2 aromatic carbocycles. The van der Waals surface area contributed by atoms with Crippen molar-refractivity contribution in [1.29, 1.82) is 0 Å². The van der Waals surface area contributed by atoms with E-state index in [-0.39, 0.29) is 11.8 Å². The van der Waals surface area contributed by atoms with Gasteiger partial charge in [-0.15, -0.1) is 0 Å². The average molecular weight is 338 g/mol. The fourth-order valence-corrected chi connectivity index (χ4v) is 2.81. The number of carbonyl (C=O) groups excluding carboxylic acids is 3. The molecule has 6 heteroatoms. The lowest BCUT2D eigenvalue weighted by atomic mass is 10.0. The first kappa shape index (κ1) is 16.7. The van der Waals surface area contributed by atoms with Crippen LogP contribution in [-0.4, -0.2) is 31.9 Å². The van der Waals surface area contributed by atoms with Crippen LogP contribution in [0.5, 0.6) is 0 Å². The zero-order valence-corrected chi connectivity index (χ0v) is 14.0. The number of benzene rings is 2. The van der Waals surface area contributed by atoms with Crippen molar-refractivity contribution >= 4 is 29.2 Å². The fraction of sp³-hybridized carbons (Fsp3) is 0.211. The number of methoxy groups -OCH3 is 1. The number of amides is 2. The highest BCUT2D eigenvalue weighted by Crippen LogP contribution is 2.29. The van der Waals surface area contributed by atoms with Crippen LogP contribution in [0.25, 0.3) is 0 Å². The lowest BCUT2D eigenvalue weighted by molar-refractivity contribution is -0.118. The maximum absolute atomic E-state index is 12.4. The quantitative estimate of drug-likeness (QED) is 0.873. The van der Waals surface area contributed by atoms with Crippen molar-refractivity contribution in [2.45, 2.75) is 12.8 Å². The van der Waals surface area contributed by atoms with E-state index >= 15 is 0 Å². The number of hydrogen-bond donors (Lipinski definition) is 1. The van der Waals surface area contributed by atoms with E-state index in [4.69, 9.17) is 0 Å². The molecule has 3 rings (SSSR count). The summed E-state index contributed by atoms with van der Waals surface area (Å²) in [5, 5.41) is 2.84. The third kappa shape index (κ3) is 3.38. The van der Waals surface area contributed by atoms with Crippen molar-refractivity contribution in [2.75, 3.05) is 24.4 Å². The second-order valence-corrected chi connectivity index (χ2v) is 5.82. The first-order valence-electron chi connectivity index (χ1n) is 7.89. The summed E-state index contributed by atoms with van der Waals surface area (Å²) in [5.74, 6) is -0.619. The molecule has 1 aliphatic rings. The Hall–Kier alpha value is -3.15. The third-order valence-corrected chi connectivity index (χ3v) is 4.25. The smallest absolute Gasteiger partial charge is 0.337 e. The molecule has 1 aliphatic heterocycles. The molecule has 0 saturated carbocycles. The Morgan fingerprint density at radius 3 is 2.40 bits per heavy atom. The van der Waals surface area contributed by atoms with Crippen molar-refractivity contribution in [3.63, 3.8) is 0 Å². The zero-order valence-electron chi connectivity index (χ0n) is 14.0. The largest absolute Gasteiger partial charge is 0.465 e. The van der Waals surface area contributed by atoms with E-state index in [0.717, 1.165) is 11.3 Å². The van der Waals surface area contributed by atoms with Crippen LogP contribution < -0.4 is 10.2 Å². The van der Waals surface area contributed by atoms with Crippen LogP contribution in [0.2, 0.25) is 0 Å². The van der Waals surface area contributed by atoms with E-state index in [1.165, 1.54) is 7.11 Å². The SMILES string of the molecule is COC(=O)c1ccc(C(=O)Nc2ccc3c(c2)CCC(=O)N3C)cc1. The highest BCUT2D eigenvalue weighted by atomic mass is 16.5. The van der Waals surface area contributed by atoms with Gasteiger partial charge in [0.15, 0.2) is 0 Å². The average Bonchev–Trinajstić information content (AvgIpc) is 2.64. The summed E-state index contributed by atoms with van der Waals surface area (Å²) in [6.07, 6.45) is 1.13. The number of rotatable bonds is 3. The molecular formula is C19H18N2O4. The van der Waals surface area contributed by atoms with Gasteiger partial charge in [-0.1, -0.05) is 0 Å². The van der Waals surface area contributed by atoms with Crippen LogP contribution in [0.3, 0.4) is 0 Å². The van der Waals surface area contributed by atoms with E-state index in [9.17, 15) is 14.4 Å². The number of aryl methyl sites for hydroxylation is 1. The Morgan fingerprint density at radius 1 is 1.04 bits per heavy atom. The van der Waals surface area contributed by atoms with Gasteiger partial charge in [0, 0.05) is 30.4 Å². The monoisotopic (exact) mass is 338 g/mol. The van der Waals surface area contributed by atoms with Crippen LogP contribution in [0.15, 0.2) is 42.5 Å². The molecule has 0 aliphatic carbocycles. The van der Waals surface area contributed by atoms with E-state index in [2.05, 4.69) is 10.1 Å². The van der Waals surface area contributed by atoms with Gasteiger partial charge in [0.25, 0.3) is 5.91 Å². The number of nitrogens with one attached hydrogen (secondary N) is 1. The van der Waals surface area contributed by atoms with Gasteiger partial charge in [-0.05, 0) is 54.4 Å². The molecule has 128 valence electrons. The molecule has 25 heavy (non-hydrogen) atoms. The molecule has 0 spiro atoms. The molecule has 0 fully saturated rings. The van der Waals surface area contributed by atoms with Gasteiger partial charge in [0.05, 0.1) is 12.7 Å². The summed E-state index contributed by atoms with van der Waals surface area (Å²) in [4.78, 5) is 37.1. The van der Waals surface area contributed by atoms with Crippen molar-refractivity contribution in [2.24, 2.45) is 0 Å². The Morgan fingerprint density at radius 2 is 1.72 bits per heavy atom. The van der Waals surface area contributed by atoms with Crippen LogP contribution in [0.4, 0.5) is 11.4 Å². The predicted molar refractivity (Wildman–Crippen MR) is 93.9 cm³/mol. The highest BCUT2D eigenvalue weighted by molar-refractivity contribution is 6.05. The Balaban J connectivity index is 1.75. The standard InChI is InChI=1S/C19H18N2O4/c1-21-16-9-8-15(11-14(16)7-10-17(21)22)20-18(23)12-3-5-13(6-4-12)19(24)25-2/h3-6,8-9,11H,7,10H2,1-2H3,(H,20,23). The van der Waals surface area contributed by atoms with E-state index in [0.29, 0.717) is 29.7 Å². The van der Waals surface area contributed by atoms with Crippen LogP contribution in [0, 0.1) is 0 Å². The third-order valence-electron chi connectivity index (χ3n) is 4.25. The van der Waals surface area contributed by atoms with Crippen molar-refractivity contribution in [1.82, 2.24) is 0 Å². The minimum atomic E-state index is -0.444. The second kappa shape index (κ2) is 6.76. The predicted octanol–water partition coefficient (Wildman–Crippen LogP) is 2.63. The summed E-state index contributed by atoms with van der Waals surface area (Å²) in [5.41, 5.74) is 3.40. The van der Waals surface area contributed by atoms with Crippen molar-refractivity contribution < 1.29 is 19.1 Å². The van der Waals surface area contributed by atoms with Crippen LogP contribution in [-0.2, 0) is 16.0 Å². The van der Waals surface area contributed by atoms with Crippen LogP contribution in [0.1, 0.15) is 32.7 Å². The summed E-state index contributed by atoms with van der Waals surface area (Å²) in [7, 11) is 3.06. The molecule has 6 nitrogen and oxygen atoms in total. The number of ether oxygens (including phenoxy) is 1. The fourth-order valence-electron chi connectivity index (χ4n) is 2.81. The molecule has 2 amide bonds. The molecule has 0 radical (unpaired) electrons. The first-order valence-corrected chi connectivity index (χ1v) is 7.89.